The number of rotatable bonds is 2. The summed E-state index contributed by atoms with van der Waals surface area (Å²) in [5.41, 5.74) is 1.12. The molecule has 52 valence electrons. The molecule has 0 radical (unpaired) electrons. The molecule has 0 saturated carbocycles. The third kappa shape index (κ3) is 1.18. The fourth-order valence-corrected chi connectivity index (χ4v) is 0.876. The maximum Gasteiger partial charge on any atom is 0.0443 e. The van der Waals surface area contributed by atoms with Gasteiger partial charge in [0.2, 0.25) is 0 Å². The summed E-state index contributed by atoms with van der Waals surface area (Å²) in [5.74, 6) is 0. The monoisotopic (exact) mass is 133 g/mol. The van der Waals surface area contributed by atoms with E-state index in [1.807, 2.05) is 48.2 Å². The minimum Gasteiger partial charge on any atom is -0.324 e. The fraction of sp³-hybridized carbons (Fsp3) is 0.111. The first kappa shape index (κ1) is 6.87. The highest BCUT2D eigenvalue weighted by molar-refractivity contribution is 5.47. The lowest BCUT2D eigenvalue weighted by molar-refractivity contribution is 1.15. The Kier molecular flexibility index (Phi) is 2.11. The average molecular weight is 133 g/mol. The van der Waals surface area contributed by atoms with Crippen LogP contribution in [0.1, 0.15) is 12.6 Å². The van der Waals surface area contributed by atoms with Crippen molar-refractivity contribution in [2.24, 2.45) is 0 Å². The number of hydrogen-bond donors (Lipinski definition) is 0. The standard InChI is InChI=1S/C9H11N/c1-3-7-10-8-5-6-9(10)4-2/h3-8H,2H2,1H3/b7-3-. The molecule has 0 aliphatic carbocycles. The Morgan fingerprint density at radius 2 is 2.40 bits per heavy atom. The second kappa shape index (κ2) is 3.06. The summed E-state index contributed by atoms with van der Waals surface area (Å²) in [6.45, 7) is 5.68. The van der Waals surface area contributed by atoms with Crippen molar-refractivity contribution in [1.82, 2.24) is 4.57 Å². The molecule has 0 amide bonds. The van der Waals surface area contributed by atoms with Gasteiger partial charge in [0, 0.05) is 18.1 Å². The van der Waals surface area contributed by atoms with E-state index < -0.39 is 0 Å². The molecule has 1 aromatic rings. The number of aromatic nitrogens is 1. The Morgan fingerprint density at radius 3 is 3.00 bits per heavy atom. The smallest absolute Gasteiger partial charge is 0.0443 e. The molecule has 0 atom stereocenters. The van der Waals surface area contributed by atoms with Crippen LogP contribution in [0.15, 0.2) is 31.0 Å². The minimum atomic E-state index is 1.12. The van der Waals surface area contributed by atoms with Gasteiger partial charge in [-0.3, -0.25) is 0 Å². The normalized spacial score (nSPS) is 10.5. The van der Waals surface area contributed by atoms with Crippen LogP contribution < -0.4 is 0 Å². The Balaban J connectivity index is 3.00. The molecular weight excluding hydrogens is 122 g/mol. The van der Waals surface area contributed by atoms with E-state index in [9.17, 15) is 0 Å². The molecule has 1 aromatic heterocycles. The Bertz CT molecular complexity index is 243. The van der Waals surface area contributed by atoms with E-state index in [0.29, 0.717) is 0 Å². The van der Waals surface area contributed by atoms with Crippen LogP contribution in [0.5, 0.6) is 0 Å². The van der Waals surface area contributed by atoms with Gasteiger partial charge in [-0.2, -0.15) is 0 Å². The highest BCUT2D eigenvalue weighted by Crippen LogP contribution is 2.03. The van der Waals surface area contributed by atoms with Gasteiger partial charge in [-0.05, 0) is 25.1 Å². The van der Waals surface area contributed by atoms with Crippen LogP contribution in [0, 0.1) is 0 Å². The van der Waals surface area contributed by atoms with E-state index in [4.69, 9.17) is 0 Å². The Labute approximate surface area is 61.3 Å². The van der Waals surface area contributed by atoms with Crippen LogP contribution >= 0.6 is 0 Å². The molecule has 0 N–H and O–H groups in total. The van der Waals surface area contributed by atoms with Gasteiger partial charge >= 0.3 is 0 Å². The van der Waals surface area contributed by atoms with E-state index in [0.717, 1.165) is 5.69 Å². The van der Waals surface area contributed by atoms with Crippen LogP contribution in [0.4, 0.5) is 0 Å². The molecule has 0 aliphatic rings. The van der Waals surface area contributed by atoms with Crippen molar-refractivity contribution in [2.45, 2.75) is 6.92 Å². The molecule has 0 bridgehead atoms. The first-order valence-corrected chi connectivity index (χ1v) is 3.30. The van der Waals surface area contributed by atoms with Crippen molar-refractivity contribution in [3.05, 3.63) is 36.7 Å². The average Bonchev–Trinajstić information content (AvgIpc) is 2.36. The first-order chi connectivity index (χ1) is 4.88. The second-order valence-electron chi connectivity index (χ2n) is 2.03. The summed E-state index contributed by atoms with van der Waals surface area (Å²) >= 11 is 0. The summed E-state index contributed by atoms with van der Waals surface area (Å²) in [5, 5.41) is 0. The van der Waals surface area contributed by atoms with Crippen molar-refractivity contribution in [3.63, 3.8) is 0 Å². The lowest BCUT2D eigenvalue weighted by Gasteiger charge is -1.95. The highest BCUT2D eigenvalue weighted by Gasteiger charge is 1.88. The summed E-state index contributed by atoms with van der Waals surface area (Å²) in [6.07, 6.45) is 7.82. The van der Waals surface area contributed by atoms with Gasteiger partial charge in [0.05, 0.1) is 0 Å². The summed E-state index contributed by atoms with van der Waals surface area (Å²) < 4.78 is 2.02. The van der Waals surface area contributed by atoms with Crippen molar-refractivity contribution in [1.29, 1.82) is 0 Å². The van der Waals surface area contributed by atoms with Gasteiger partial charge in [0.25, 0.3) is 0 Å². The second-order valence-corrected chi connectivity index (χ2v) is 2.03. The van der Waals surface area contributed by atoms with Crippen LogP contribution in [-0.4, -0.2) is 4.57 Å². The summed E-state index contributed by atoms with van der Waals surface area (Å²) in [7, 11) is 0. The summed E-state index contributed by atoms with van der Waals surface area (Å²) in [6, 6.07) is 4.02. The predicted molar refractivity (Wildman–Crippen MR) is 45.5 cm³/mol. The van der Waals surface area contributed by atoms with Crippen molar-refractivity contribution >= 4 is 12.3 Å². The van der Waals surface area contributed by atoms with Crippen molar-refractivity contribution in [3.8, 4) is 0 Å². The van der Waals surface area contributed by atoms with Gasteiger partial charge in [0.1, 0.15) is 0 Å². The fourth-order valence-electron chi connectivity index (χ4n) is 0.876. The molecule has 0 saturated heterocycles. The maximum absolute atomic E-state index is 3.69. The van der Waals surface area contributed by atoms with Crippen LogP contribution in [-0.2, 0) is 0 Å². The predicted octanol–water partition coefficient (Wildman–Crippen LogP) is 2.62. The first-order valence-electron chi connectivity index (χ1n) is 3.30. The zero-order chi connectivity index (χ0) is 7.40. The third-order valence-electron chi connectivity index (χ3n) is 1.33. The van der Waals surface area contributed by atoms with Crippen LogP contribution in [0.2, 0.25) is 0 Å². The maximum atomic E-state index is 3.69. The van der Waals surface area contributed by atoms with E-state index in [2.05, 4.69) is 6.58 Å². The SMILES string of the molecule is C=Cc1cccn1/C=C\C. The highest BCUT2D eigenvalue weighted by atomic mass is 14.9. The van der Waals surface area contributed by atoms with Crippen molar-refractivity contribution in [2.75, 3.05) is 0 Å². The van der Waals surface area contributed by atoms with Gasteiger partial charge in [-0.1, -0.05) is 12.7 Å². The van der Waals surface area contributed by atoms with Gasteiger partial charge in [0.15, 0.2) is 0 Å². The molecule has 1 nitrogen and oxygen atoms in total. The van der Waals surface area contributed by atoms with E-state index in [1.165, 1.54) is 0 Å². The molecule has 0 spiro atoms. The van der Waals surface area contributed by atoms with Crippen LogP contribution in [0.25, 0.3) is 12.3 Å². The topological polar surface area (TPSA) is 4.93 Å². The van der Waals surface area contributed by atoms with Gasteiger partial charge < -0.3 is 4.57 Å². The largest absolute Gasteiger partial charge is 0.324 e. The third-order valence-corrected chi connectivity index (χ3v) is 1.33. The molecule has 1 rings (SSSR count). The Morgan fingerprint density at radius 1 is 1.60 bits per heavy atom. The quantitative estimate of drug-likeness (QED) is 0.584. The number of allylic oxidation sites excluding steroid dienone is 1. The lowest BCUT2D eigenvalue weighted by Crippen LogP contribution is -1.84. The van der Waals surface area contributed by atoms with Gasteiger partial charge in [-0.25, -0.2) is 0 Å². The minimum absolute atomic E-state index is 1.12. The molecule has 1 heterocycles. The van der Waals surface area contributed by atoms with Crippen molar-refractivity contribution < 1.29 is 0 Å². The molecule has 0 aromatic carbocycles. The molecular formula is C9H11N. The molecule has 0 fully saturated rings. The molecule has 10 heavy (non-hydrogen) atoms. The zero-order valence-electron chi connectivity index (χ0n) is 6.12. The van der Waals surface area contributed by atoms with E-state index in [1.54, 1.807) is 0 Å². The molecule has 0 unspecified atom stereocenters. The van der Waals surface area contributed by atoms with Gasteiger partial charge in [-0.15, -0.1) is 0 Å². The van der Waals surface area contributed by atoms with E-state index >= 15 is 0 Å². The Hall–Kier alpha value is -1.24. The lowest BCUT2D eigenvalue weighted by atomic mass is 10.4. The van der Waals surface area contributed by atoms with Crippen LogP contribution in [0.3, 0.4) is 0 Å². The number of hydrogen-bond acceptors (Lipinski definition) is 0. The molecule has 0 aliphatic heterocycles. The zero-order valence-corrected chi connectivity index (χ0v) is 6.12. The van der Waals surface area contributed by atoms with E-state index in [-0.39, 0.29) is 0 Å². The number of nitrogens with zero attached hydrogens (tertiary/aromatic N) is 1. The molecule has 1 heteroatoms. The summed E-state index contributed by atoms with van der Waals surface area (Å²) in [4.78, 5) is 0.